The minimum Gasteiger partial charge on any atom is -0.391 e. The number of hydrogen-bond acceptors (Lipinski definition) is 2. The van der Waals surface area contributed by atoms with Crippen LogP contribution in [0.4, 0.5) is 4.39 Å². The summed E-state index contributed by atoms with van der Waals surface area (Å²) in [5.74, 6) is -0.415. The van der Waals surface area contributed by atoms with E-state index in [2.05, 4.69) is 0 Å². The Balaban J connectivity index is 2.36. The SMILES string of the molecule is CN(C)C[C@H](O)[C@H](c1ccccc1)c1ccc(F)cc1. The molecule has 0 fully saturated rings. The van der Waals surface area contributed by atoms with E-state index in [1.807, 2.05) is 49.3 Å². The highest BCUT2D eigenvalue weighted by atomic mass is 19.1. The summed E-state index contributed by atoms with van der Waals surface area (Å²) in [6, 6.07) is 16.2. The molecule has 0 saturated carbocycles. The minimum atomic E-state index is -0.544. The van der Waals surface area contributed by atoms with E-state index < -0.39 is 6.10 Å². The van der Waals surface area contributed by atoms with Crippen LogP contribution in [-0.2, 0) is 0 Å². The van der Waals surface area contributed by atoms with E-state index in [9.17, 15) is 9.50 Å². The summed E-state index contributed by atoms with van der Waals surface area (Å²) in [6.45, 7) is 0.553. The molecule has 0 aliphatic rings. The Morgan fingerprint density at radius 1 is 0.950 bits per heavy atom. The van der Waals surface area contributed by atoms with Crippen molar-refractivity contribution in [3.05, 3.63) is 71.5 Å². The largest absolute Gasteiger partial charge is 0.391 e. The van der Waals surface area contributed by atoms with E-state index in [-0.39, 0.29) is 11.7 Å². The first kappa shape index (κ1) is 14.7. The Labute approximate surface area is 119 Å². The predicted molar refractivity (Wildman–Crippen MR) is 79.2 cm³/mol. The second-order valence-corrected chi connectivity index (χ2v) is 5.27. The van der Waals surface area contributed by atoms with E-state index in [1.165, 1.54) is 12.1 Å². The summed E-state index contributed by atoms with van der Waals surface area (Å²) in [5, 5.41) is 10.5. The van der Waals surface area contributed by atoms with Gasteiger partial charge in [-0.3, -0.25) is 0 Å². The zero-order chi connectivity index (χ0) is 14.5. The summed E-state index contributed by atoms with van der Waals surface area (Å²) in [5.41, 5.74) is 1.96. The van der Waals surface area contributed by atoms with Crippen molar-refractivity contribution in [2.45, 2.75) is 12.0 Å². The molecule has 106 valence electrons. The van der Waals surface area contributed by atoms with Crippen LogP contribution in [0.25, 0.3) is 0 Å². The number of hydrogen-bond donors (Lipinski definition) is 1. The molecule has 0 radical (unpaired) electrons. The molecule has 2 aromatic rings. The van der Waals surface area contributed by atoms with Gasteiger partial charge in [0.1, 0.15) is 5.82 Å². The maximum absolute atomic E-state index is 13.1. The number of nitrogens with zero attached hydrogens (tertiary/aromatic N) is 1. The summed E-state index contributed by atoms with van der Waals surface area (Å²) < 4.78 is 13.1. The van der Waals surface area contributed by atoms with E-state index in [4.69, 9.17) is 0 Å². The van der Waals surface area contributed by atoms with Crippen LogP contribution in [0.1, 0.15) is 17.0 Å². The third-order valence-electron chi connectivity index (χ3n) is 3.32. The lowest BCUT2D eigenvalue weighted by molar-refractivity contribution is 0.121. The van der Waals surface area contributed by atoms with Crippen molar-refractivity contribution in [3.8, 4) is 0 Å². The van der Waals surface area contributed by atoms with Crippen molar-refractivity contribution < 1.29 is 9.50 Å². The molecule has 20 heavy (non-hydrogen) atoms. The van der Waals surface area contributed by atoms with Crippen LogP contribution in [0.5, 0.6) is 0 Å². The van der Waals surface area contributed by atoms with E-state index in [0.29, 0.717) is 6.54 Å². The molecule has 1 N–H and O–H groups in total. The molecular formula is C17H20FNO. The number of rotatable bonds is 5. The monoisotopic (exact) mass is 273 g/mol. The van der Waals surface area contributed by atoms with Gasteiger partial charge >= 0.3 is 0 Å². The summed E-state index contributed by atoms with van der Waals surface area (Å²) in [4.78, 5) is 1.95. The second-order valence-electron chi connectivity index (χ2n) is 5.27. The molecule has 0 aromatic heterocycles. The van der Waals surface area contributed by atoms with Gasteiger partial charge in [-0.2, -0.15) is 0 Å². The summed E-state index contributed by atoms with van der Waals surface area (Å²) in [6.07, 6.45) is -0.544. The van der Waals surface area contributed by atoms with Gasteiger partial charge < -0.3 is 10.0 Å². The first-order valence-electron chi connectivity index (χ1n) is 6.71. The van der Waals surface area contributed by atoms with Gasteiger partial charge in [-0.25, -0.2) is 4.39 Å². The average Bonchev–Trinajstić information content (AvgIpc) is 2.42. The summed E-state index contributed by atoms with van der Waals surface area (Å²) >= 11 is 0. The third kappa shape index (κ3) is 3.65. The topological polar surface area (TPSA) is 23.5 Å². The molecule has 0 saturated heterocycles. The quantitative estimate of drug-likeness (QED) is 0.905. The van der Waals surface area contributed by atoms with Gasteiger partial charge in [-0.1, -0.05) is 42.5 Å². The van der Waals surface area contributed by atoms with Gasteiger partial charge in [0.15, 0.2) is 0 Å². The van der Waals surface area contributed by atoms with Gasteiger partial charge in [0.25, 0.3) is 0 Å². The molecular weight excluding hydrogens is 253 g/mol. The Morgan fingerprint density at radius 2 is 1.50 bits per heavy atom. The number of aliphatic hydroxyl groups excluding tert-OH is 1. The fourth-order valence-electron chi connectivity index (χ4n) is 2.45. The van der Waals surface area contributed by atoms with Crippen LogP contribution in [0.3, 0.4) is 0 Å². The lowest BCUT2D eigenvalue weighted by Gasteiger charge is -2.26. The van der Waals surface area contributed by atoms with Crippen molar-refractivity contribution in [3.63, 3.8) is 0 Å². The van der Waals surface area contributed by atoms with E-state index in [1.54, 1.807) is 12.1 Å². The molecule has 0 bridgehead atoms. The van der Waals surface area contributed by atoms with Crippen LogP contribution in [0, 0.1) is 5.82 Å². The predicted octanol–water partition coefficient (Wildman–Crippen LogP) is 2.88. The number of halogens is 1. The molecule has 0 unspecified atom stereocenters. The highest BCUT2D eigenvalue weighted by Crippen LogP contribution is 2.28. The van der Waals surface area contributed by atoms with E-state index >= 15 is 0 Å². The molecule has 3 heteroatoms. The Hall–Kier alpha value is -1.71. The maximum atomic E-state index is 13.1. The number of benzene rings is 2. The summed E-state index contributed by atoms with van der Waals surface area (Å²) in [7, 11) is 3.85. The van der Waals surface area contributed by atoms with Gasteiger partial charge in [0.05, 0.1) is 6.10 Å². The zero-order valence-corrected chi connectivity index (χ0v) is 11.8. The molecule has 2 aromatic carbocycles. The molecule has 2 rings (SSSR count). The van der Waals surface area contributed by atoms with Crippen molar-refractivity contribution in [2.24, 2.45) is 0 Å². The van der Waals surface area contributed by atoms with Crippen molar-refractivity contribution in [1.29, 1.82) is 0 Å². The molecule has 2 nitrogen and oxygen atoms in total. The first-order valence-corrected chi connectivity index (χ1v) is 6.71. The Bertz CT molecular complexity index is 524. The van der Waals surface area contributed by atoms with E-state index in [0.717, 1.165) is 11.1 Å². The minimum absolute atomic E-state index is 0.154. The lowest BCUT2D eigenvalue weighted by Crippen LogP contribution is -2.31. The van der Waals surface area contributed by atoms with Crippen LogP contribution in [0.2, 0.25) is 0 Å². The highest BCUT2D eigenvalue weighted by Gasteiger charge is 2.23. The molecule has 0 heterocycles. The van der Waals surface area contributed by atoms with Crippen molar-refractivity contribution in [2.75, 3.05) is 20.6 Å². The van der Waals surface area contributed by atoms with Gasteiger partial charge in [-0.05, 0) is 37.4 Å². The molecule has 0 spiro atoms. The highest BCUT2D eigenvalue weighted by molar-refractivity contribution is 5.34. The lowest BCUT2D eigenvalue weighted by atomic mass is 9.86. The van der Waals surface area contributed by atoms with Gasteiger partial charge in [0, 0.05) is 12.5 Å². The Morgan fingerprint density at radius 3 is 2.05 bits per heavy atom. The fourth-order valence-corrected chi connectivity index (χ4v) is 2.45. The first-order chi connectivity index (χ1) is 9.58. The fraction of sp³-hybridized carbons (Fsp3) is 0.294. The normalized spacial score (nSPS) is 14.2. The number of likely N-dealkylation sites (N-methyl/N-ethyl adjacent to an activating group) is 1. The van der Waals surface area contributed by atoms with Gasteiger partial charge in [-0.15, -0.1) is 0 Å². The average molecular weight is 273 g/mol. The smallest absolute Gasteiger partial charge is 0.123 e. The van der Waals surface area contributed by atoms with Gasteiger partial charge in [0.2, 0.25) is 0 Å². The molecule has 2 atom stereocenters. The van der Waals surface area contributed by atoms with Crippen molar-refractivity contribution in [1.82, 2.24) is 4.90 Å². The van der Waals surface area contributed by atoms with Crippen LogP contribution < -0.4 is 0 Å². The number of aliphatic hydroxyl groups is 1. The Kier molecular flexibility index (Phi) is 4.88. The third-order valence-corrected chi connectivity index (χ3v) is 3.32. The molecule has 0 aliphatic heterocycles. The standard InChI is InChI=1S/C17H20FNO/c1-19(2)12-16(20)17(13-6-4-3-5-7-13)14-8-10-15(18)11-9-14/h3-11,16-17,20H,12H2,1-2H3/t16-,17+/m0/s1. The van der Waals surface area contributed by atoms with Crippen LogP contribution in [-0.4, -0.2) is 36.8 Å². The second kappa shape index (κ2) is 6.64. The molecule has 0 aliphatic carbocycles. The van der Waals surface area contributed by atoms with Crippen LogP contribution >= 0.6 is 0 Å². The zero-order valence-electron chi connectivity index (χ0n) is 11.8. The van der Waals surface area contributed by atoms with Crippen molar-refractivity contribution >= 4 is 0 Å². The van der Waals surface area contributed by atoms with Crippen LogP contribution in [0.15, 0.2) is 54.6 Å². The maximum Gasteiger partial charge on any atom is 0.123 e. The molecule has 0 amide bonds.